The van der Waals surface area contributed by atoms with E-state index in [-0.39, 0.29) is 6.10 Å². The lowest BCUT2D eigenvalue weighted by Gasteiger charge is -2.22. The third kappa shape index (κ3) is 3.44. The molecule has 0 bridgehead atoms. The average molecular weight is 259 g/mol. The third-order valence-corrected chi connectivity index (χ3v) is 3.28. The lowest BCUT2D eigenvalue weighted by Crippen LogP contribution is -2.30. The van der Waals surface area contributed by atoms with Gasteiger partial charge in [-0.1, -0.05) is 26.3 Å². The second kappa shape index (κ2) is 6.53. The molecule has 19 heavy (non-hydrogen) atoms. The number of aliphatic hydroxyl groups excluding tert-OH is 1. The molecule has 3 nitrogen and oxygen atoms in total. The molecule has 0 amide bonds. The van der Waals surface area contributed by atoms with E-state index >= 15 is 0 Å². The highest BCUT2D eigenvalue weighted by Gasteiger charge is 2.18. The molecule has 0 aliphatic rings. The number of pyridine rings is 1. The zero-order chi connectivity index (χ0) is 13.7. The molecule has 2 unspecified atom stereocenters. The zero-order valence-corrected chi connectivity index (χ0v) is 11.5. The largest absolute Gasteiger partial charge is 0.488 e. The van der Waals surface area contributed by atoms with E-state index in [9.17, 15) is 5.11 Å². The summed E-state index contributed by atoms with van der Waals surface area (Å²) in [6.07, 6.45) is 3.73. The number of hydrogen-bond acceptors (Lipinski definition) is 3. The number of aliphatic hydroxyl groups is 1. The van der Waals surface area contributed by atoms with Gasteiger partial charge in [-0.15, -0.1) is 0 Å². The van der Waals surface area contributed by atoms with Crippen molar-refractivity contribution in [1.29, 1.82) is 0 Å². The minimum Gasteiger partial charge on any atom is -0.488 e. The highest BCUT2D eigenvalue weighted by atomic mass is 16.5. The summed E-state index contributed by atoms with van der Waals surface area (Å²) in [6, 6.07) is 9.80. The Morgan fingerprint density at radius 1 is 1.26 bits per heavy atom. The summed E-state index contributed by atoms with van der Waals surface area (Å²) in [4.78, 5) is 4.31. The van der Waals surface area contributed by atoms with Crippen molar-refractivity contribution in [3.63, 3.8) is 0 Å². The molecular weight excluding hydrogens is 238 g/mol. The average Bonchev–Trinajstić information content (AvgIpc) is 2.44. The van der Waals surface area contributed by atoms with E-state index in [4.69, 9.17) is 4.74 Å². The Morgan fingerprint density at radius 3 is 2.84 bits per heavy atom. The number of nitrogens with zero attached hydrogens (tertiary/aromatic N) is 1. The van der Waals surface area contributed by atoms with E-state index < -0.39 is 6.10 Å². The summed E-state index contributed by atoms with van der Waals surface area (Å²) in [5, 5.41) is 11.1. The number of ether oxygens (including phenoxy) is 1. The van der Waals surface area contributed by atoms with Crippen LogP contribution in [-0.4, -0.2) is 22.3 Å². The van der Waals surface area contributed by atoms with Crippen LogP contribution in [0.3, 0.4) is 0 Å². The first-order valence-electron chi connectivity index (χ1n) is 6.94. The van der Waals surface area contributed by atoms with Crippen LogP contribution in [0, 0.1) is 0 Å². The van der Waals surface area contributed by atoms with Crippen LogP contribution >= 0.6 is 0 Å². The molecule has 0 aliphatic heterocycles. The van der Waals surface area contributed by atoms with Crippen molar-refractivity contribution in [3.05, 3.63) is 36.5 Å². The van der Waals surface area contributed by atoms with Gasteiger partial charge in [0.25, 0.3) is 0 Å². The fraction of sp³-hybridized carbons (Fsp3) is 0.438. The van der Waals surface area contributed by atoms with Crippen LogP contribution in [0.5, 0.6) is 5.75 Å². The van der Waals surface area contributed by atoms with Crippen LogP contribution in [0.25, 0.3) is 10.9 Å². The van der Waals surface area contributed by atoms with Crippen LogP contribution < -0.4 is 4.74 Å². The molecule has 3 heteroatoms. The van der Waals surface area contributed by atoms with Gasteiger partial charge in [0.2, 0.25) is 0 Å². The highest BCUT2D eigenvalue weighted by Crippen LogP contribution is 2.22. The normalized spacial score (nSPS) is 14.3. The molecule has 1 N–H and O–H groups in total. The summed E-state index contributed by atoms with van der Waals surface area (Å²) >= 11 is 0. The molecule has 1 heterocycles. The van der Waals surface area contributed by atoms with Crippen molar-refractivity contribution in [2.75, 3.05) is 0 Å². The number of benzene rings is 1. The third-order valence-electron chi connectivity index (χ3n) is 3.28. The molecule has 0 spiro atoms. The van der Waals surface area contributed by atoms with Gasteiger partial charge < -0.3 is 9.84 Å². The summed E-state index contributed by atoms with van der Waals surface area (Å²) in [6.45, 7) is 4.10. The second-order valence-electron chi connectivity index (χ2n) is 4.78. The summed E-state index contributed by atoms with van der Waals surface area (Å²) in [7, 11) is 0. The van der Waals surface area contributed by atoms with Gasteiger partial charge >= 0.3 is 0 Å². The van der Waals surface area contributed by atoms with Gasteiger partial charge in [0.1, 0.15) is 11.9 Å². The number of rotatable bonds is 6. The van der Waals surface area contributed by atoms with Crippen LogP contribution in [0.4, 0.5) is 0 Å². The number of hydrogen-bond donors (Lipinski definition) is 1. The zero-order valence-electron chi connectivity index (χ0n) is 11.5. The maximum atomic E-state index is 10.0. The number of fused-ring (bicyclic) bond motifs is 1. The minimum absolute atomic E-state index is 0.152. The van der Waals surface area contributed by atoms with Gasteiger partial charge in [-0.25, -0.2) is 0 Å². The van der Waals surface area contributed by atoms with Gasteiger partial charge in [0.05, 0.1) is 11.6 Å². The number of aromatic nitrogens is 1. The van der Waals surface area contributed by atoms with Gasteiger partial charge in [0, 0.05) is 17.6 Å². The molecule has 1 aromatic carbocycles. The van der Waals surface area contributed by atoms with Crippen LogP contribution in [0.2, 0.25) is 0 Å². The summed E-state index contributed by atoms with van der Waals surface area (Å²) < 4.78 is 5.90. The molecule has 0 saturated carbocycles. The van der Waals surface area contributed by atoms with Gasteiger partial charge in [0.15, 0.2) is 0 Å². The molecular formula is C16H21NO2. The predicted molar refractivity (Wildman–Crippen MR) is 77.4 cm³/mol. The summed E-state index contributed by atoms with van der Waals surface area (Å²) in [5.74, 6) is 0.771. The van der Waals surface area contributed by atoms with Crippen molar-refractivity contribution in [3.8, 4) is 5.75 Å². The van der Waals surface area contributed by atoms with Crippen LogP contribution in [0.15, 0.2) is 36.5 Å². The molecule has 0 saturated heterocycles. The van der Waals surface area contributed by atoms with E-state index in [0.717, 1.165) is 35.9 Å². The van der Waals surface area contributed by atoms with E-state index in [0.29, 0.717) is 0 Å². The first kappa shape index (κ1) is 13.8. The molecule has 2 aromatic rings. The molecule has 102 valence electrons. The Bertz CT molecular complexity index is 527. The quantitative estimate of drug-likeness (QED) is 0.862. The SMILES string of the molecule is CCCC(O)C(CC)Oc1ccc2cccnc2c1. The Labute approximate surface area is 114 Å². The monoisotopic (exact) mass is 259 g/mol. The predicted octanol–water partition coefficient (Wildman–Crippen LogP) is 3.55. The topological polar surface area (TPSA) is 42.4 Å². The van der Waals surface area contributed by atoms with Gasteiger partial charge in [-0.2, -0.15) is 0 Å². The fourth-order valence-corrected chi connectivity index (χ4v) is 2.21. The standard InChI is InChI=1S/C16H21NO2/c1-3-6-15(18)16(4-2)19-13-9-8-12-7-5-10-17-14(12)11-13/h5,7-11,15-16,18H,3-4,6H2,1-2H3. The van der Waals surface area contributed by atoms with E-state index in [2.05, 4.69) is 11.9 Å². The van der Waals surface area contributed by atoms with Crippen LogP contribution in [0.1, 0.15) is 33.1 Å². The van der Waals surface area contributed by atoms with E-state index in [1.807, 2.05) is 37.3 Å². The molecule has 2 atom stereocenters. The van der Waals surface area contributed by atoms with Gasteiger partial charge in [-0.3, -0.25) is 4.98 Å². The minimum atomic E-state index is -0.408. The van der Waals surface area contributed by atoms with Crippen molar-refractivity contribution in [2.24, 2.45) is 0 Å². The second-order valence-corrected chi connectivity index (χ2v) is 4.78. The Hall–Kier alpha value is -1.61. The molecule has 0 aliphatic carbocycles. The van der Waals surface area contributed by atoms with E-state index in [1.165, 1.54) is 0 Å². The first-order chi connectivity index (χ1) is 9.24. The maximum Gasteiger partial charge on any atom is 0.124 e. The van der Waals surface area contributed by atoms with Crippen LogP contribution in [-0.2, 0) is 0 Å². The first-order valence-corrected chi connectivity index (χ1v) is 6.94. The molecule has 1 aromatic heterocycles. The van der Waals surface area contributed by atoms with Crippen molar-refractivity contribution in [2.45, 2.75) is 45.3 Å². The molecule has 2 rings (SSSR count). The molecule has 0 radical (unpaired) electrons. The lowest BCUT2D eigenvalue weighted by molar-refractivity contribution is 0.0285. The summed E-state index contributed by atoms with van der Waals surface area (Å²) in [5.41, 5.74) is 0.917. The van der Waals surface area contributed by atoms with Crippen molar-refractivity contribution in [1.82, 2.24) is 4.98 Å². The van der Waals surface area contributed by atoms with Gasteiger partial charge in [-0.05, 0) is 31.0 Å². The lowest BCUT2D eigenvalue weighted by atomic mass is 10.1. The highest BCUT2D eigenvalue weighted by molar-refractivity contribution is 5.79. The Kier molecular flexibility index (Phi) is 4.74. The Balaban J connectivity index is 2.15. The maximum absolute atomic E-state index is 10.0. The van der Waals surface area contributed by atoms with Crippen molar-refractivity contribution < 1.29 is 9.84 Å². The van der Waals surface area contributed by atoms with E-state index in [1.54, 1.807) is 6.20 Å². The molecule has 0 fully saturated rings. The smallest absolute Gasteiger partial charge is 0.124 e. The fourth-order valence-electron chi connectivity index (χ4n) is 2.21. The van der Waals surface area contributed by atoms with Crippen molar-refractivity contribution >= 4 is 10.9 Å². The Morgan fingerprint density at radius 2 is 2.11 bits per heavy atom.